The van der Waals surface area contributed by atoms with Crippen LogP contribution in [-0.2, 0) is 23.9 Å². The largest absolute Gasteiger partial charge is 0.393 e. The molecule has 2 heterocycles. The van der Waals surface area contributed by atoms with Gasteiger partial charge in [-0.3, -0.25) is 14.4 Å². The van der Waals surface area contributed by atoms with E-state index >= 15 is 0 Å². The topological polar surface area (TPSA) is 232 Å². The predicted molar refractivity (Wildman–Crippen MR) is 135 cm³/mol. The van der Waals surface area contributed by atoms with Gasteiger partial charge in [0.1, 0.15) is 18.3 Å². The Balaban J connectivity index is 0.000000166. The van der Waals surface area contributed by atoms with Crippen LogP contribution in [0.15, 0.2) is 0 Å². The van der Waals surface area contributed by atoms with Crippen molar-refractivity contribution in [3.63, 3.8) is 0 Å². The quantitative estimate of drug-likeness (QED) is 0.132. The Morgan fingerprint density at radius 1 is 0.800 bits per heavy atom. The van der Waals surface area contributed by atoms with Crippen molar-refractivity contribution in [3.8, 4) is 0 Å². The van der Waals surface area contributed by atoms with Gasteiger partial charge in [-0.2, -0.15) is 0 Å². The van der Waals surface area contributed by atoms with Gasteiger partial charge in [-0.25, -0.2) is 0 Å². The van der Waals surface area contributed by atoms with Crippen LogP contribution in [0.25, 0.3) is 0 Å². The summed E-state index contributed by atoms with van der Waals surface area (Å²) >= 11 is 0. The van der Waals surface area contributed by atoms with Crippen LogP contribution in [0.5, 0.6) is 0 Å². The Morgan fingerprint density at radius 3 is 1.73 bits per heavy atom. The van der Waals surface area contributed by atoms with E-state index in [1.807, 2.05) is 0 Å². The smallest absolute Gasteiger partial charge is 0.248 e. The summed E-state index contributed by atoms with van der Waals surface area (Å²) in [5.41, 5.74) is 0. The van der Waals surface area contributed by atoms with E-state index in [2.05, 4.69) is 0 Å². The molecule has 3 aliphatic carbocycles. The Bertz CT molecular complexity index is 876. The molecule has 8 N–H and O–H groups in total. The van der Waals surface area contributed by atoms with E-state index in [1.165, 1.54) is 0 Å². The summed E-state index contributed by atoms with van der Waals surface area (Å²) < 4.78 is 9.96. The van der Waals surface area contributed by atoms with E-state index in [4.69, 9.17) is 24.8 Å². The minimum Gasteiger partial charge on any atom is -0.393 e. The maximum Gasteiger partial charge on any atom is 0.248 e. The molecule has 5 unspecified atom stereocenters. The van der Waals surface area contributed by atoms with Gasteiger partial charge in [0.15, 0.2) is 0 Å². The minimum atomic E-state index is -2.54. The molecule has 5 fully saturated rings. The van der Waals surface area contributed by atoms with Crippen LogP contribution in [0.2, 0.25) is 0 Å². The molecule has 0 aromatic rings. The molecule has 0 amide bonds. The SMILES string of the molecule is O=C(C(=O)C1CCCC1)C(O)CO.O=C1C(O)COC1(O)C1CCCC1.OC1COC(O)(C2CCCC2)C1(O)O. The highest BCUT2D eigenvalue weighted by atomic mass is 16.7. The first-order chi connectivity index (χ1) is 18.8. The monoisotopic (exact) mass is 576 g/mol. The summed E-state index contributed by atoms with van der Waals surface area (Å²) in [6.45, 7) is -0.969. The Labute approximate surface area is 232 Å². The number of ketones is 3. The third-order valence-corrected chi connectivity index (χ3v) is 8.83. The summed E-state index contributed by atoms with van der Waals surface area (Å²) in [6.07, 6.45) is 6.31. The van der Waals surface area contributed by atoms with Gasteiger partial charge in [0.2, 0.25) is 34.7 Å². The number of Topliss-reactive ketones (excluding diaryl/α,β-unsaturated/α-hetero) is 3. The molecule has 2 saturated heterocycles. The fourth-order valence-corrected chi connectivity index (χ4v) is 6.27. The van der Waals surface area contributed by atoms with Crippen molar-refractivity contribution in [2.45, 2.75) is 113 Å². The molecule has 2 aliphatic heterocycles. The van der Waals surface area contributed by atoms with E-state index < -0.39 is 59.6 Å². The van der Waals surface area contributed by atoms with Gasteiger partial charge in [-0.15, -0.1) is 0 Å². The molecule has 5 aliphatic rings. The number of ether oxygens (including phenoxy) is 2. The molecule has 13 nitrogen and oxygen atoms in total. The maximum atomic E-state index is 11.4. The van der Waals surface area contributed by atoms with Crippen LogP contribution in [0.1, 0.15) is 77.0 Å². The molecule has 0 spiro atoms. The number of carbonyl (C=O) groups is 3. The van der Waals surface area contributed by atoms with Crippen LogP contribution >= 0.6 is 0 Å². The number of hydrogen-bond acceptors (Lipinski definition) is 13. The van der Waals surface area contributed by atoms with Crippen LogP contribution in [0.4, 0.5) is 0 Å². The van der Waals surface area contributed by atoms with E-state index in [-0.39, 0.29) is 31.0 Å². The second-order valence-corrected chi connectivity index (χ2v) is 11.5. The van der Waals surface area contributed by atoms with Gasteiger partial charge >= 0.3 is 0 Å². The fourth-order valence-electron chi connectivity index (χ4n) is 6.27. The lowest BCUT2D eigenvalue weighted by atomic mass is 9.89. The number of carbonyl (C=O) groups excluding carboxylic acids is 3. The first-order valence-electron chi connectivity index (χ1n) is 14.2. The zero-order chi connectivity index (χ0) is 29.7. The van der Waals surface area contributed by atoms with Crippen molar-refractivity contribution in [2.24, 2.45) is 17.8 Å². The van der Waals surface area contributed by atoms with Crippen LogP contribution in [-0.4, -0.2) is 114 Å². The second-order valence-electron chi connectivity index (χ2n) is 11.5. The normalized spacial score (nSPS) is 35.2. The number of aliphatic hydroxyl groups is 8. The van der Waals surface area contributed by atoms with Gasteiger partial charge in [-0.1, -0.05) is 38.5 Å². The van der Waals surface area contributed by atoms with Crippen LogP contribution in [0.3, 0.4) is 0 Å². The number of aliphatic hydroxyl groups excluding tert-OH is 4. The summed E-state index contributed by atoms with van der Waals surface area (Å²) in [6, 6.07) is 0. The average molecular weight is 577 g/mol. The van der Waals surface area contributed by atoms with Gasteiger partial charge in [0, 0.05) is 17.8 Å². The molecule has 13 heteroatoms. The highest BCUT2D eigenvalue weighted by Crippen LogP contribution is 2.45. The van der Waals surface area contributed by atoms with E-state index in [0.717, 1.165) is 64.2 Å². The third kappa shape index (κ3) is 6.80. The average Bonchev–Trinajstić information content (AvgIpc) is 3.78. The molecule has 40 heavy (non-hydrogen) atoms. The zero-order valence-corrected chi connectivity index (χ0v) is 22.7. The van der Waals surface area contributed by atoms with Crippen molar-refractivity contribution >= 4 is 17.3 Å². The molecule has 5 atom stereocenters. The van der Waals surface area contributed by atoms with Crippen molar-refractivity contribution < 1.29 is 64.7 Å². The first-order valence-corrected chi connectivity index (χ1v) is 14.2. The molecule has 3 saturated carbocycles. The van der Waals surface area contributed by atoms with Gasteiger partial charge in [0.25, 0.3) is 0 Å². The molecule has 230 valence electrons. The number of rotatable bonds is 6. The van der Waals surface area contributed by atoms with E-state index in [0.29, 0.717) is 12.8 Å². The molecular weight excluding hydrogens is 532 g/mol. The summed E-state index contributed by atoms with van der Waals surface area (Å²) in [5.74, 6) is -8.76. The molecule has 0 aromatic carbocycles. The van der Waals surface area contributed by atoms with Crippen molar-refractivity contribution in [2.75, 3.05) is 19.8 Å². The Hall–Kier alpha value is -1.39. The molecule has 0 aromatic heterocycles. The second kappa shape index (κ2) is 13.7. The van der Waals surface area contributed by atoms with E-state index in [9.17, 15) is 39.9 Å². The highest BCUT2D eigenvalue weighted by Gasteiger charge is 2.64. The standard InChI is InChI=1S/C9H16O5.2C9H14O4/c10-7-5-14-9(13,8(7,11)12)6-3-1-2-4-6;10-7-5-13-9(12,8(7)11)6-3-1-2-4-6;10-5-7(11)9(13)8(12)6-3-1-2-4-6/h6-7,10-13H,1-5H2;6-7,10,12H,1-5H2;6-7,10-11H,1-5H2. The molecular formula is C27H44O13. The van der Waals surface area contributed by atoms with Gasteiger partial charge in [-0.05, 0) is 38.5 Å². The molecule has 5 rings (SSSR count). The van der Waals surface area contributed by atoms with Crippen LogP contribution in [0, 0.1) is 17.8 Å². The lowest BCUT2D eigenvalue weighted by Gasteiger charge is -2.37. The third-order valence-electron chi connectivity index (χ3n) is 8.83. The summed E-state index contributed by atoms with van der Waals surface area (Å²) in [7, 11) is 0. The Morgan fingerprint density at radius 2 is 1.30 bits per heavy atom. The zero-order valence-electron chi connectivity index (χ0n) is 22.7. The van der Waals surface area contributed by atoms with Crippen molar-refractivity contribution in [3.05, 3.63) is 0 Å². The Kier molecular flexibility index (Phi) is 11.4. The summed E-state index contributed by atoms with van der Waals surface area (Å²) in [4.78, 5) is 33.8. The lowest BCUT2D eigenvalue weighted by molar-refractivity contribution is -0.362. The summed E-state index contributed by atoms with van der Waals surface area (Å²) in [5, 5.41) is 74.9. The number of hydrogen-bond donors (Lipinski definition) is 8. The first kappa shape index (κ1) is 33.1. The van der Waals surface area contributed by atoms with Gasteiger partial charge in [0.05, 0.1) is 19.8 Å². The van der Waals surface area contributed by atoms with Gasteiger partial charge < -0.3 is 50.3 Å². The maximum absolute atomic E-state index is 11.4. The molecule has 0 bridgehead atoms. The highest BCUT2D eigenvalue weighted by molar-refractivity contribution is 6.39. The van der Waals surface area contributed by atoms with Crippen LogP contribution < -0.4 is 0 Å². The minimum absolute atomic E-state index is 0.0637. The molecule has 0 radical (unpaired) electrons. The van der Waals surface area contributed by atoms with Crippen molar-refractivity contribution in [1.82, 2.24) is 0 Å². The predicted octanol–water partition coefficient (Wildman–Crippen LogP) is -1.57. The van der Waals surface area contributed by atoms with E-state index in [1.54, 1.807) is 0 Å². The van der Waals surface area contributed by atoms with Crippen molar-refractivity contribution in [1.29, 1.82) is 0 Å². The fraction of sp³-hybridized carbons (Fsp3) is 0.889. The lowest BCUT2D eigenvalue weighted by Crippen LogP contribution is -2.59.